The first-order valence-corrected chi connectivity index (χ1v) is 8.97. The quantitative estimate of drug-likeness (QED) is 0.720. The lowest BCUT2D eigenvalue weighted by Gasteiger charge is -2.10. The van der Waals surface area contributed by atoms with Gasteiger partial charge in [-0.05, 0) is 55.3 Å². The molecule has 0 spiro atoms. The molecule has 0 aliphatic heterocycles. The number of carbonyl (C=O) groups is 2. The first kappa shape index (κ1) is 17.8. The first-order chi connectivity index (χ1) is 12.0. The highest BCUT2D eigenvalue weighted by molar-refractivity contribution is 9.10. The zero-order chi connectivity index (χ0) is 17.8. The largest absolute Gasteiger partial charge is 0.482 e. The van der Waals surface area contributed by atoms with E-state index in [4.69, 9.17) is 16.3 Å². The van der Waals surface area contributed by atoms with Crippen LogP contribution in [0.25, 0.3) is 0 Å². The number of ether oxygens (including phenoxy) is 1. The number of benzene rings is 2. The molecule has 25 heavy (non-hydrogen) atoms. The van der Waals surface area contributed by atoms with Crippen LogP contribution in [0.1, 0.15) is 12.8 Å². The van der Waals surface area contributed by atoms with Gasteiger partial charge in [-0.3, -0.25) is 9.59 Å². The van der Waals surface area contributed by atoms with E-state index in [1.165, 1.54) is 0 Å². The Morgan fingerprint density at radius 2 is 1.72 bits per heavy atom. The van der Waals surface area contributed by atoms with Crippen molar-refractivity contribution >= 4 is 50.7 Å². The van der Waals surface area contributed by atoms with Crippen LogP contribution < -0.4 is 15.4 Å². The van der Waals surface area contributed by atoms with Gasteiger partial charge in [0.1, 0.15) is 5.75 Å². The fourth-order valence-corrected chi connectivity index (χ4v) is 2.89. The van der Waals surface area contributed by atoms with Crippen molar-refractivity contribution < 1.29 is 14.3 Å². The predicted octanol–water partition coefficient (Wildman–Crippen LogP) is 4.47. The van der Waals surface area contributed by atoms with Crippen LogP contribution in [0.15, 0.2) is 46.9 Å². The Morgan fingerprint density at radius 3 is 2.32 bits per heavy atom. The van der Waals surface area contributed by atoms with Crippen molar-refractivity contribution in [3.8, 4) is 5.75 Å². The molecule has 130 valence electrons. The highest BCUT2D eigenvalue weighted by atomic mass is 79.9. The third kappa shape index (κ3) is 5.21. The topological polar surface area (TPSA) is 67.4 Å². The van der Waals surface area contributed by atoms with Gasteiger partial charge in [0.15, 0.2) is 6.61 Å². The second kappa shape index (κ2) is 7.89. The third-order valence-corrected chi connectivity index (χ3v) is 4.43. The molecule has 2 aromatic rings. The molecule has 0 bridgehead atoms. The summed E-state index contributed by atoms with van der Waals surface area (Å²) in [6.07, 6.45) is 1.92. The SMILES string of the molecule is O=C(COc1ccc(Br)cc1Cl)Nc1ccc(NC(=O)C2CC2)cc1. The Balaban J connectivity index is 1.49. The van der Waals surface area contributed by atoms with Gasteiger partial charge >= 0.3 is 0 Å². The Labute approximate surface area is 158 Å². The molecule has 2 N–H and O–H groups in total. The molecular formula is C18H16BrClN2O3. The first-order valence-electron chi connectivity index (χ1n) is 7.80. The van der Waals surface area contributed by atoms with Crippen LogP contribution in [-0.4, -0.2) is 18.4 Å². The van der Waals surface area contributed by atoms with Crippen LogP contribution in [0.3, 0.4) is 0 Å². The van der Waals surface area contributed by atoms with Crippen molar-refractivity contribution in [3.05, 3.63) is 52.0 Å². The van der Waals surface area contributed by atoms with Gasteiger partial charge < -0.3 is 15.4 Å². The van der Waals surface area contributed by atoms with Crippen LogP contribution in [0.5, 0.6) is 5.75 Å². The lowest BCUT2D eigenvalue weighted by atomic mass is 10.2. The van der Waals surface area contributed by atoms with Gasteiger partial charge in [-0.1, -0.05) is 27.5 Å². The lowest BCUT2D eigenvalue weighted by Crippen LogP contribution is -2.20. The predicted molar refractivity (Wildman–Crippen MR) is 101 cm³/mol. The summed E-state index contributed by atoms with van der Waals surface area (Å²) in [6.45, 7) is -0.151. The lowest BCUT2D eigenvalue weighted by molar-refractivity contribution is -0.118. The van der Waals surface area contributed by atoms with Gasteiger partial charge in [-0.15, -0.1) is 0 Å². The molecule has 3 rings (SSSR count). The average molecular weight is 424 g/mol. The molecule has 7 heteroatoms. The molecule has 2 amide bonds. The number of amides is 2. The van der Waals surface area contributed by atoms with E-state index >= 15 is 0 Å². The molecule has 1 fully saturated rings. The molecular weight excluding hydrogens is 408 g/mol. The number of rotatable bonds is 6. The number of halogens is 2. The third-order valence-electron chi connectivity index (χ3n) is 3.64. The van der Waals surface area contributed by atoms with E-state index in [2.05, 4.69) is 26.6 Å². The smallest absolute Gasteiger partial charge is 0.262 e. The van der Waals surface area contributed by atoms with Gasteiger partial charge in [-0.25, -0.2) is 0 Å². The number of nitrogens with one attached hydrogen (secondary N) is 2. The van der Waals surface area contributed by atoms with Gasteiger partial charge in [0.2, 0.25) is 5.91 Å². The molecule has 0 atom stereocenters. The second-order valence-electron chi connectivity index (χ2n) is 5.75. The summed E-state index contributed by atoms with van der Waals surface area (Å²) in [5, 5.41) is 6.01. The number of hydrogen-bond acceptors (Lipinski definition) is 3. The highest BCUT2D eigenvalue weighted by Gasteiger charge is 2.29. The van der Waals surface area contributed by atoms with E-state index in [9.17, 15) is 9.59 Å². The standard InChI is InChI=1S/C18H16BrClN2O3/c19-12-3-8-16(15(20)9-12)25-10-17(23)21-13-4-6-14(7-5-13)22-18(24)11-1-2-11/h3-9,11H,1-2,10H2,(H,21,23)(H,22,24). The molecule has 1 aliphatic rings. The zero-order valence-electron chi connectivity index (χ0n) is 13.2. The normalized spacial score (nSPS) is 13.2. The van der Waals surface area contributed by atoms with Crippen molar-refractivity contribution in [2.24, 2.45) is 5.92 Å². The van der Waals surface area contributed by atoms with E-state index in [-0.39, 0.29) is 24.3 Å². The number of hydrogen-bond donors (Lipinski definition) is 2. The number of carbonyl (C=O) groups excluding carboxylic acids is 2. The molecule has 5 nitrogen and oxygen atoms in total. The molecule has 1 saturated carbocycles. The Hall–Kier alpha value is -2.05. The van der Waals surface area contributed by atoms with E-state index < -0.39 is 0 Å². The van der Waals surface area contributed by atoms with Crippen LogP contribution in [-0.2, 0) is 9.59 Å². The molecule has 2 aromatic carbocycles. The fourth-order valence-electron chi connectivity index (χ4n) is 2.16. The molecule has 1 aliphatic carbocycles. The maximum atomic E-state index is 12.0. The average Bonchev–Trinajstić information content (AvgIpc) is 3.41. The second-order valence-corrected chi connectivity index (χ2v) is 7.08. The summed E-state index contributed by atoms with van der Waals surface area (Å²) < 4.78 is 6.25. The van der Waals surface area contributed by atoms with Crippen LogP contribution >= 0.6 is 27.5 Å². The van der Waals surface area contributed by atoms with Crippen LogP contribution in [0.4, 0.5) is 11.4 Å². The fraction of sp³-hybridized carbons (Fsp3) is 0.222. The van der Waals surface area contributed by atoms with Gasteiger partial charge in [-0.2, -0.15) is 0 Å². The molecule has 0 heterocycles. The van der Waals surface area contributed by atoms with Crippen molar-refractivity contribution in [2.45, 2.75) is 12.8 Å². The van der Waals surface area contributed by atoms with Gasteiger partial charge in [0.25, 0.3) is 5.91 Å². The summed E-state index contributed by atoms with van der Waals surface area (Å²) >= 11 is 9.34. The highest BCUT2D eigenvalue weighted by Crippen LogP contribution is 2.30. The maximum absolute atomic E-state index is 12.0. The van der Waals surface area contributed by atoms with Crippen LogP contribution in [0, 0.1) is 5.92 Å². The van der Waals surface area contributed by atoms with Crippen molar-refractivity contribution in [2.75, 3.05) is 17.2 Å². The maximum Gasteiger partial charge on any atom is 0.262 e. The summed E-state index contributed by atoms with van der Waals surface area (Å²) in [7, 11) is 0. The zero-order valence-corrected chi connectivity index (χ0v) is 15.6. The van der Waals surface area contributed by atoms with Crippen molar-refractivity contribution in [3.63, 3.8) is 0 Å². The summed E-state index contributed by atoms with van der Waals surface area (Å²) in [4.78, 5) is 23.7. The minimum Gasteiger partial charge on any atom is -0.482 e. The minimum atomic E-state index is -0.297. The number of anilines is 2. The molecule has 0 radical (unpaired) electrons. The Bertz CT molecular complexity index is 791. The van der Waals surface area contributed by atoms with Crippen molar-refractivity contribution in [1.82, 2.24) is 0 Å². The monoisotopic (exact) mass is 422 g/mol. The Kier molecular flexibility index (Phi) is 5.60. The van der Waals surface area contributed by atoms with Gasteiger partial charge in [0.05, 0.1) is 5.02 Å². The molecule has 0 saturated heterocycles. The van der Waals surface area contributed by atoms with E-state index in [1.807, 2.05) is 0 Å². The minimum absolute atomic E-state index is 0.0524. The van der Waals surface area contributed by atoms with E-state index in [0.29, 0.717) is 22.1 Å². The summed E-state index contributed by atoms with van der Waals surface area (Å²) in [5.41, 5.74) is 1.34. The van der Waals surface area contributed by atoms with Crippen LogP contribution in [0.2, 0.25) is 5.02 Å². The van der Waals surface area contributed by atoms with Crippen molar-refractivity contribution in [1.29, 1.82) is 0 Å². The molecule has 0 aromatic heterocycles. The molecule has 0 unspecified atom stereocenters. The summed E-state index contributed by atoms with van der Waals surface area (Å²) in [5.74, 6) is 0.352. The summed E-state index contributed by atoms with van der Waals surface area (Å²) in [6, 6.07) is 12.1. The van der Waals surface area contributed by atoms with E-state index in [1.54, 1.807) is 42.5 Å². The van der Waals surface area contributed by atoms with E-state index in [0.717, 1.165) is 17.3 Å². The van der Waals surface area contributed by atoms with Gasteiger partial charge in [0, 0.05) is 21.8 Å². The Morgan fingerprint density at radius 1 is 1.08 bits per heavy atom.